The van der Waals surface area contributed by atoms with Gasteiger partial charge in [0.15, 0.2) is 11.5 Å². The monoisotopic (exact) mass is 468 g/mol. The fraction of sp³-hybridized carbons (Fsp3) is 0.462. The zero-order chi connectivity index (χ0) is 23.4. The summed E-state index contributed by atoms with van der Waals surface area (Å²) >= 11 is 1.36. The number of benzene rings is 2. The number of hydrogen-bond donors (Lipinski definition) is 2. The predicted molar refractivity (Wildman–Crippen MR) is 131 cm³/mol. The smallest absolute Gasteiger partial charge is 0.252 e. The molecule has 2 bridgehead atoms. The number of hydrogen-bond acceptors (Lipinski definition) is 5. The number of fused-ring (bicyclic) bond motifs is 2. The van der Waals surface area contributed by atoms with E-state index in [0.29, 0.717) is 28.7 Å². The average molecular weight is 469 g/mol. The summed E-state index contributed by atoms with van der Waals surface area (Å²) in [5, 5.41) is 6.11. The van der Waals surface area contributed by atoms with Crippen molar-refractivity contribution in [3.05, 3.63) is 48.0 Å². The van der Waals surface area contributed by atoms with Crippen molar-refractivity contribution in [2.24, 2.45) is 17.8 Å². The van der Waals surface area contributed by atoms with Crippen molar-refractivity contribution in [1.82, 2.24) is 5.32 Å². The number of ether oxygens (including phenoxy) is 2. The van der Waals surface area contributed by atoms with Crippen LogP contribution in [0.2, 0.25) is 0 Å². The number of methoxy groups -OCH3 is 2. The van der Waals surface area contributed by atoms with Crippen LogP contribution in [0, 0.1) is 17.8 Å². The lowest BCUT2D eigenvalue weighted by molar-refractivity contribution is -0.113. The largest absolute Gasteiger partial charge is 0.493 e. The molecule has 2 amide bonds. The molecule has 2 saturated carbocycles. The van der Waals surface area contributed by atoms with Gasteiger partial charge in [-0.25, -0.2) is 0 Å². The molecular weight excluding hydrogens is 436 g/mol. The van der Waals surface area contributed by atoms with Crippen LogP contribution >= 0.6 is 11.8 Å². The van der Waals surface area contributed by atoms with Crippen molar-refractivity contribution < 1.29 is 19.1 Å². The van der Waals surface area contributed by atoms with Crippen molar-refractivity contribution in [3.8, 4) is 11.5 Å². The van der Waals surface area contributed by atoms with Gasteiger partial charge < -0.3 is 20.1 Å². The Kier molecular flexibility index (Phi) is 7.48. The molecule has 7 heteroatoms. The van der Waals surface area contributed by atoms with E-state index in [2.05, 4.69) is 17.6 Å². The van der Waals surface area contributed by atoms with E-state index >= 15 is 0 Å². The minimum Gasteiger partial charge on any atom is -0.493 e. The fourth-order valence-corrected chi connectivity index (χ4v) is 6.18. The minimum atomic E-state index is -0.155. The lowest BCUT2D eigenvalue weighted by Crippen LogP contribution is -2.40. The molecule has 33 heavy (non-hydrogen) atoms. The van der Waals surface area contributed by atoms with Crippen molar-refractivity contribution in [1.29, 1.82) is 0 Å². The third-order valence-electron chi connectivity index (χ3n) is 6.95. The molecule has 0 unspecified atom stereocenters. The molecule has 4 rings (SSSR count). The Balaban J connectivity index is 1.34. The number of carbonyl (C=O) groups excluding carboxylic acids is 2. The van der Waals surface area contributed by atoms with E-state index in [1.165, 1.54) is 37.4 Å². The molecule has 0 spiro atoms. The minimum absolute atomic E-state index is 0.0614. The molecule has 2 aromatic carbocycles. The summed E-state index contributed by atoms with van der Waals surface area (Å²) in [4.78, 5) is 26.4. The van der Waals surface area contributed by atoms with Gasteiger partial charge in [-0.2, -0.15) is 0 Å². The van der Waals surface area contributed by atoms with Crippen LogP contribution in [0.15, 0.2) is 47.4 Å². The molecule has 6 nitrogen and oxygen atoms in total. The second-order valence-electron chi connectivity index (χ2n) is 9.00. The summed E-state index contributed by atoms with van der Waals surface area (Å²) in [7, 11) is 3.12. The maximum atomic E-state index is 13.1. The Hall–Kier alpha value is -2.67. The summed E-state index contributed by atoms with van der Waals surface area (Å²) < 4.78 is 10.5. The molecule has 0 aliphatic heterocycles. The number of amides is 2. The molecule has 2 aromatic rings. The van der Waals surface area contributed by atoms with Gasteiger partial charge in [-0.15, -0.1) is 11.8 Å². The Morgan fingerprint density at radius 3 is 2.55 bits per heavy atom. The standard InChI is InChI=1S/C26H32N2O4S/c1-16(21-13-17-8-9-18(21)12-17)27-26(30)20-6-4-5-7-24(20)33-15-25(29)28-19-10-11-22(31-2)23(14-19)32-3/h4-7,10-11,14,16-18,21H,8-9,12-13,15H2,1-3H3,(H,27,30)(H,28,29)/t16-,17-,18-,21+/m0/s1. The van der Waals surface area contributed by atoms with E-state index in [-0.39, 0.29) is 23.6 Å². The SMILES string of the molecule is COc1ccc(NC(=O)CSc2ccccc2C(=O)N[C@@H](C)[C@H]2C[C@H]3CC[C@H]2C3)cc1OC. The summed E-state index contributed by atoms with van der Waals surface area (Å²) in [5.41, 5.74) is 1.25. The molecule has 0 saturated heterocycles. The van der Waals surface area contributed by atoms with Crippen LogP contribution in [-0.4, -0.2) is 37.8 Å². The first-order chi connectivity index (χ1) is 16.0. The highest BCUT2D eigenvalue weighted by molar-refractivity contribution is 8.00. The quantitative estimate of drug-likeness (QED) is 0.507. The van der Waals surface area contributed by atoms with Gasteiger partial charge >= 0.3 is 0 Å². The highest BCUT2D eigenvalue weighted by Gasteiger charge is 2.42. The normalized spacial score (nSPS) is 22.0. The summed E-state index contributed by atoms with van der Waals surface area (Å²) in [5.74, 6) is 3.33. The Labute approximate surface area is 199 Å². The van der Waals surface area contributed by atoms with Crippen LogP contribution in [0.25, 0.3) is 0 Å². The molecule has 0 aromatic heterocycles. The molecule has 0 radical (unpaired) electrons. The molecule has 2 aliphatic rings. The predicted octanol–water partition coefficient (Wildman–Crippen LogP) is 4.99. The molecule has 2 N–H and O–H groups in total. The van der Waals surface area contributed by atoms with Gasteiger partial charge in [-0.3, -0.25) is 9.59 Å². The Morgan fingerprint density at radius 1 is 1.06 bits per heavy atom. The van der Waals surface area contributed by atoms with Crippen molar-refractivity contribution in [2.45, 2.75) is 43.5 Å². The lowest BCUT2D eigenvalue weighted by Gasteiger charge is -2.28. The van der Waals surface area contributed by atoms with E-state index in [1.807, 2.05) is 24.3 Å². The number of rotatable bonds is 9. The van der Waals surface area contributed by atoms with Crippen molar-refractivity contribution in [2.75, 3.05) is 25.3 Å². The highest BCUT2D eigenvalue weighted by Crippen LogP contribution is 2.49. The van der Waals surface area contributed by atoms with E-state index in [9.17, 15) is 9.59 Å². The first-order valence-corrected chi connectivity index (χ1v) is 12.5. The molecule has 2 aliphatic carbocycles. The molecule has 0 heterocycles. The van der Waals surface area contributed by atoms with Gasteiger partial charge in [0.05, 0.1) is 25.5 Å². The Bertz CT molecular complexity index is 1010. The topological polar surface area (TPSA) is 76.7 Å². The second kappa shape index (κ2) is 10.5. The third-order valence-corrected chi connectivity index (χ3v) is 8.03. The third kappa shape index (κ3) is 5.46. The van der Waals surface area contributed by atoms with E-state index in [4.69, 9.17) is 9.47 Å². The second-order valence-corrected chi connectivity index (χ2v) is 10.0. The van der Waals surface area contributed by atoms with Gasteiger partial charge in [0.1, 0.15) is 0 Å². The first-order valence-electron chi connectivity index (χ1n) is 11.5. The van der Waals surface area contributed by atoms with Gasteiger partial charge in [0, 0.05) is 22.7 Å². The van der Waals surface area contributed by atoms with E-state index in [0.717, 1.165) is 16.7 Å². The van der Waals surface area contributed by atoms with E-state index < -0.39 is 0 Å². The number of carbonyl (C=O) groups is 2. The van der Waals surface area contributed by atoms with Gasteiger partial charge in [0.25, 0.3) is 5.91 Å². The summed E-state index contributed by atoms with van der Waals surface area (Å²) in [6.45, 7) is 2.13. The van der Waals surface area contributed by atoms with Gasteiger partial charge in [0.2, 0.25) is 5.91 Å². The van der Waals surface area contributed by atoms with Gasteiger partial charge in [-0.05, 0) is 68.2 Å². The van der Waals surface area contributed by atoms with Crippen LogP contribution in [0.1, 0.15) is 43.0 Å². The summed E-state index contributed by atoms with van der Waals surface area (Å²) in [6, 6.07) is 12.9. The summed E-state index contributed by atoms with van der Waals surface area (Å²) in [6.07, 6.45) is 5.22. The molecule has 2 fully saturated rings. The lowest BCUT2D eigenvalue weighted by atomic mass is 9.84. The molecule has 176 valence electrons. The fourth-order valence-electron chi connectivity index (χ4n) is 5.33. The maximum Gasteiger partial charge on any atom is 0.252 e. The zero-order valence-electron chi connectivity index (χ0n) is 19.4. The molecular formula is C26H32N2O4S. The first kappa shape index (κ1) is 23.5. The van der Waals surface area contributed by atoms with Crippen LogP contribution < -0.4 is 20.1 Å². The number of anilines is 1. The van der Waals surface area contributed by atoms with Crippen LogP contribution in [0.5, 0.6) is 11.5 Å². The van der Waals surface area contributed by atoms with Crippen molar-refractivity contribution >= 4 is 29.3 Å². The maximum absolute atomic E-state index is 13.1. The number of thioether (sulfide) groups is 1. The van der Waals surface area contributed by atoms with Crippen molar-refractivity contribution in [3.63, 3.8) is 0 Å². The number of nitrogens with one attached hydrogen (secondary N) is 2. The van der Waals surface area contributed by atoms with Crippen LogP contribution in [0.4, 0.5) is 5.69 Å². The molecule has 4 atom stereocenters. The van der Waals surface area contributed by atoms with Crippen LogP contribution in [-0.2, 0) is 4.79 Å². The van der Waals surface area contributed by atoms with Gasteiger partial charge in [-0.1, -0.05) is 18.6 Å². The van der Waals surface area contributed by atoms with Crippen LogP contribution in [0.3, 0.4) is 0 Å². The highest BCUT2D eigenvalue weighted by atomic mass is 32.2. The Morgan fingerprint density at radius 2 is 1.85 bits per heavy atom. The van der Waals surface area contributed by atoms with E-state index in [1.54, 1.807) is 32.4 Å². The average Bonchev–Trinajstić information content (AvgIpc) is 3.47. The zero-order valence-corrected chi connectivity index (χ0v) is 20.2.